The molecule has 1 aromatic heterocycles. The molecule has 0 amide bonds. The molecule has 9 aromatic carbocycles. The number of fused-ring (bicyclic) bond motifs is 8. The molecular weight excluding hydrogens is 665 g/mol. The van der Waals surface area contributed by atoms with Gasteiger partial charge >= 0.3 is 0 Å². The number of furan rings is 1. The Kier molecular flexibility index (Phi) is 7.39. The highest BCUT2D eigenvalue weighted by atomic mass is 16.3. The van der Waals surface area contributed by atoms with Gasteiger partial charge in [-0.2, -0.15) is 0 Å². The van der Waals surface area contributed by atoms with Crippen LogP contribution >= 0.6 is 0 Å². The standard InChI is InChI=1S/C54H44O/c1-29-31(3)35(7)50-48(33(29)5)52(39-23-20-38(21-24-39)44-17-13-19-47-54(44)45-16-11-12-18-46(45)55-47)49-34(6)30(2)32(4)36(8)51(49)53(50)41-26-27-43-40(28-41)25-22-37-14-9-10-15-42(37)43/h9-28H,1-8H3. The van der Waals surface area contributed by atoms with Gasteiger partial charge in [0.2, 0.25) is 0 Å². The van der Waals surface area contributed by atoms with Gasteiger partial charge in [0.25, 0.3) is 0 Å². The average Bonchev–Trinajstić information content (AvgIpc) is 3.61. The SMILES string of the molecule is Cc1c(C)c(C)c2c(-c3ccc4c(ccc5ccccc54)c3)c3c(C)c(C)c(C)c(C)c3c(-c3ccc(-c4cccc5oc6ccccc6c45)cc3)c2c1C. The lowest BCUT2D eigenvalue weighted by atomic mass is 9.76. The smallest absolute Gasteiger partial charge is 0.136 e. The van der Waals surface area contributed by atoms with Crippen LogP contribution in [0.15, 0.2) is 126 Å². The fourth-order valence-electron chi connectivity index (χ4n) is 9.70. The molecule has 1 heteroatoms. The minimum Gasteiger partial charge on any atom is -0.456 e. The lowest BCUT2D eigenvalue weighted by Crippen LogP contribution is -2.03. The maximum Gasteiger partial charge on any atom is 0.136 e. The number of rotatable bonds is 3. The number of hydrogen-bond donors (Lipinski definition) is 0. The first kappa shape index (κ1) is 33.4. The van der Waals surface area contributed by atoms with Crippen molar-refractivity contribution >= 4 is 65.0 Å². The van der Waals surface area contributed by atoms with E-state index in [1.165, 1.54) is 126 Å². The zero-order chi connectivity index (χ0) is 37.9. The third-order valence-electron chi connectivity index (χ3n) is 13.3. The third kappa shape index (κ3) is 4.72. The molecule has 0 aliphatic carbocycles. The molecule has 0 unspecified atom stereocenters. The van der Waals surface area contributed by atoms with Crippen LogP contribution in [-0.4, -0.2) is 0 Å². The molecule has 266 valence electrons. The maximum atomic E-state index is 6.28. The van der Waals surface area contributed by atoms with E-state index < -0.39 is 0 Å². The Morgan fingerprint density at radius 3 is 1.42 bits per heavy atom. The van der Waals surface area contributed by atoms with E-state index in [4.69, 9.17) is 4.42 Å². The van der Waals surface area contributed by atoms with Gasteiger partial charge < -0.3 is 4.42 Å². The van der Waals surface area contributed by atoms with Gasteiger partial charge in [-0.25, -0.2) is 0 Å². The molecule has 10 rings (SSSR count). The second-order valence-corrected chi connectivity index (χ2v) is 15.8. The van der Waals surface area contributed by atoms with Gasteiger partial charge in [-0.05, 0) is 195 Å². The van der Waals surface area contributed by atoms with Crippen molar-refractivity contribution in [2.24, 2.45) is 0 Å². The van der Waals surface area contributed by atoms with E-state index in [-0.39, 0.29) is 0 Å². The van der Waals surface area contributed by atoms with Gasteiger partial charge in [0.1, 0.15) is 11.2 Å². The number of aryl methyl sites for hydroxylation is 4. The van der Waals surface area contributed by atoms with E-state index in [1.54, 1.807) is 0 Å². The fourth-order valence-corrected chi connectivity index (χ4v) is 9.70. The minimum atomic E-state index is 0.922. The molecule has 0 N–H and O–H groups in total. The molecular formula is C54H44O. The average molecular weight is 709 g/mol. The van der Waals surface area contributed by atoms with Crippen LogP contribution in [0.3, 0.4) is 0 Å². The highest BCUT2D eigenvalue weighted by Crippen LogP contribution is 2.51. The Morgan fingerprint density at radius 2 is 0.782 bits per heavy atom. The van der Waals surface area contributed by atoms with E-state index in [9.17, 15) is 0 Å². The summed E-state index contributed by atoms with van der Waals surface area (Å²) in [5, 5.41) is 12.9. The summed E-state index contributed by atoms with van der Waals surface area (Å²) in [6, 6.07) is 44.6. The fraction of sp³-hybridized carbons (Fsp3) is 0.148. The summed E-state index contributed by atoms with van der Waals surface area (Å²) >= 11 is 0. The summed E-state index contributed by atoms with van der Waals surface area (Å²) in [5.41, 5.74) is 20.4. The Balaban J connectivity index is 1.31. The predicted molar refractivity (Wildman–Crippen MR) is 238 cm³/mol. The van der Waals surface area contributed by atoms with Gasteiger partial charge in [-0.1, -0.05) is 103 Å². The first-order chi connectivity index (χ1) is 26.6. The molecule has 10 aromatic rings. The van der Waals surface area contributed by atoms with Crippen molar-refractivity contribution < 1.29 is 4.42 Å². The Morgan fingerprint density at radius 1 is 0.309 bits per heavy atom. The molecule has 0 saturated carbocycles. The van der Waals surface area contributed by atoms with E-state index >= 15 is 0 Å². The monoisotopic (exact) mass is 708 g/mol. The van der Waals surface area contributed by atoms with Crippen LogP contribution in [0.4, 0.5) is 0 Å². The molecule has 0 atom stereocenters. The molecule has 0 aliphatic rings. The summed E-state index contributed by atoms with van der Waals surface area (Å²) < 4.78 is 6.28. The summed E-state index contributed by atoms with van der Waals surface area (Å²) in [5.74, 6) is 0. The first-order valence-electron chi connectivity index (χ1n) is 19.5. The Bertz CT molecular complexity index is 3180. The quantitative estimate of drug-likeness (QED) is 0.132. The second kappa shape index (κ2) is 12.2. The predicted octanol–water partition coefficient (Wildman–Crippen LogP) is 15.7. The van der Waals surface area contributed by atoms with Crippen LogP contribution in [-0.2, 0) is 0 Å². The lowest BCUT2D eigenvalue weighted by Gasteiger charge is -2.27. The topological polar surface area (TPSA) is 13.1 Å². The molecule has 0 saturated heterocycles. The van der Waals surface area contributed by atoms with Gasteiger partial charge in [0, 0.05) is 10.8 Å². The summed E-state index contributed by atoms with van der Waals surface area (Å²) in [6.45, 7) is 18.6. The van der Waals surface area contributed by atoms with Crippen LogP contribution in [0, 0.1) is 55.4 Å². The molecule has 1 nitrogen and oxygen atoms in total. The van der Waals surface area contributed by atoms with Crippen LogP contribution in [0.5, 0.6) is 0 Å². The van der Waals surface area contributed by atoms with E-state index in [1.807, 2.05) is 6.07 Å². The molecule has 0 spiro atoms. The van der Waals surface area contributed by atoms with Gasteiger partial charge in [-0.15, -0.1) is 0 Å². The van der Waals surface area contributed by atoms with Crippen LogP contribution in [0.25, 0.3) is 98.4 Å². The normalized spacial score (nSPS) is 12.0. The molecule has 0 bridgehead atoms. The Hall–Kier alpha value is -6.18. The molecule has 0 fully saturated rings. The van der Waals surface area contributed by atoms with Crippen LogP contribution in [0.2, 0.25) is 0 Å². The van der Waals surface area contributed by atoms with Crippen molar-refractivity contribution in [2.75, 3.05) is 0 Å². The van der Waals surface area contributed by atoms with Crippen molar-refractivity contribution in [1.82, 2.24) is 0 Å². The number of para-hydroxylation sites is 1. The van der Waals surface area contributed by atoms with E-state index in [2.05, 4.69) is 171 Å². The van der Waals surface area contributed by atoms with Gasteiger partial charge in [-0.3, -0.25) is 0 Å². The zero-order valence-electron chi connectivity index (χ0n) is 33.0. The second-order valence-electron chi connectivity index (χ2n) is 15.8. The molecule has 55 heavy (non-hydrogen) atoms. The number of benzene rings is 9. The van der Waals surface area contributed by atoms with Crippen molar-refractivity contribution in [3.05, 3.63) is 166 Å². The molecule has 1 heterocycles. The number of hydrogen-bond acceptors (Lipinski definition) is 1. The van der Waals surface area contributed by atoms with Crippen LogP contribution < -0.4 is 0 Å². The van der Waals surface area contributed by atoms with Crippen molar-refractivity contribution in [2.45, 2.75) is 55.4 Å². The van der Waals surface area contributed by atoms with Gasteiger partial charge in [0.15, 0.2) is 0 Å². The van der Waals surface area contributed by atoms with Gasteiger partial charge in [0.05, 0.1) is 0 Å². The maximum absolute atomic E-state index is 6.28. The highest BCUT2D eigenvalue weighted by Gasteiger charge is 2.26. The van der Waals surface area contributed by atoms with Crippen molar-refractivity contribution in [3.8, 4) is 33.4 Å². The molecule has 0 radical (unpaired) electrons. The van der Waals surface area contributed by atoms with Crippen molar-refractivity contribution in [3.63, 3.8) is 0 Å². The first-order valence-corrected chi connectivity index (χ1v) is 19.5. The summed E-state index contributed by atoms with van der Waals surface area (Å²) in [7, 11) is 0. The van der Waals surface area contributed by atoms with Crippen molar-refractivity contribution in [1.29, 1.82) is 0 Å². The summed E-state index contributed by atoms with van der Waals surface area (Å²) in [6.07, 6.45) is 0. The summed E-state index contributed by atoms with van der Waals surface area (Å²) in [4.78, 5) is 0. The Labute approximate surface area is 322 Å². The minimum absolute atomic E-state index is 0.922. The molecule has 0 aliphatic heterocycles. The highest BCUT2D eigenvalue weighted by molar-refractivity contribution is 6.26. The third-order valence-corrected chi connectivity index (χ3v) is 13.3. The largest absolute Gasteiger partial charge is 0.456 e. The van der Waals surface area contributed by atoms with Crippen LogP contribution in [0.1, 0.15) is 44.5 Å². The van der Waals surface area contributed by atoms with E-state index in [0.29, 0.717) is 0 Å². The lowest BCUT2D eigenvalue weighted by molar-refractivity contribution is 0.669. The zero-order valence-corrected chi connectivity index (χ0v) is 33.0. The van der Waals surface area contributed by atoms with E-state index in [0.717, 1.165) is 16.6 Å².